The van der Waals surface area contributed by atoms with Crippen LogP contribution in [0, 0.1) is 6.92 Å². The standard InChI is InChI=1S/C29H32N6O3/c1-20-27(31-18-30-2)35(19-32-20)26-14-13-24(38-26)15-16-34-28(36)25(33(3)29(34)37)17-21-9-11-23(12-10-21)22-7-5-4-6-8-22/h4-12,18-19,24-26H,2,13-17H2,1,3H3/b31-18-. The zero-order valence-electron chi connectivity index (χ0n) is 21.7. The van der Waals surface area contributed by atoms with E-state index in [0.29, 0.717) is 25.2 Å². The van der Waals surface area contributed by atoms with Gasteiger partial charge in [0.1, 0.15) is 18.6 Å². The highest BCUT2D eigenvalue weighted by Gasteiger charge is 2.43. The molecule has 0 aliphatic carbocycles. The summed E-state index contributed by atoms with van der Waals surface area (Å²) < 4.78 is 8.15. The average Bonchev–Trinajstić information content (AvgIpc) is 3.61. The molecule has 2 aliphatic heterocycles. The lowest BCUT2D eigenvalue weighted by Crippen LogP contribution is -2.34. The smallest absolute Gasteiger partial charge is 0.327 e. The van der Waals surface area contributed by atoms with Gasteiger partial charge in [-0.15, -0.1) is 0 Å². The molecule has 9 heteroatoms. The number of carbonyl (C=O) groups excluding carboxylic acids is 2. The number of benzene rings is 2. The monoisotopic (exact) mass is 512 g/mol. The third-order valence-electron chi connectivity index (χ3n) is 7.32. The minimum absolute atomic E-state index is 0.0625. The van der Waals surface area contributed by atoms with E-state index in [1.54, 1.807) is 18.3 Å². The van der Waals surface area contributed by atoms with E-state index in [2.05, 4.69) is 46.0 Å². The zero-order valence-corrected chi connectivity index (χ0v) is 21.7. The van der Waals surface area contributed by atoms with Crippen molar-refractivity contribution in [3.05, 3.63) is 72.2 Å². The highest BCUT2D eigenvalue weighted by atomic mass is 16.5. The summed E-state index contributed by atoms with van der Waals surface area (Å²) in [5, 5.41) is 0. The molecule has 0 saturated carbocycles. The summed E-state index contributed by atoms with van der Waals surface area (Å²) in [6.07, 6.45) is 5.55. The number of aryl methyl sites for hydroxylation is 1. The molecule has 1 aromatic heterocycles. The number of nitrogens with zero attached hydrogens (tertiary/aromatic N) is 6. The number of aromatic nitrogens is 2. The Morgan fingerprint density at radius 3 is 2.55 bits per heavy atom. The Balaban J connectivity index is 1.18. The number of ether oxygens (including phenoxy) is 1. The second kappa shape index (κ2) is 11.1. The molecule has 3 unspecified atom stereocenters. The van der Waals surface area contributed by atoms with E-state index in [9.17, 15) is 9.59 Å². The molecule has 3 heterocycles. The van der Waals surface area contributed by atoms with Crippen molar-refractivity contribution < 1.29 is 14.3 Å². The summed E-state index contributed by atoms with van der Waals surface area (Å²) in [7, 11) is 1.70. The Morgan fingerprint density at radius 1 is 1.08 bits per heavy atom. The molecule has 38 heavy (non-hydrogen) atoms. The van der Waals surface area contributed by atoms with Gasteiger partial charge in [0.15, 0.2) is 5.82 Å². The Labute approximate surface area is 222 Å². The highest BCUT2D eigenvalue weighted by molar-refractivity contribution is 6.04. The van der Waals surface area contributed by atoms with Crippen molar-refractivity contribution in [1.82, 2.24) is 19.4 Å². The summed E-state index contributed by atoms with van der Waals surface area (Å²) in [6.45, 7) is 5.64. The predicted octanol–water partition coefficient (Wildman–Crippen LogP) is 4.79. The van der Waals surface area contributed by atoms with Crippen LogP contribution >= 0.6 is 0 Å². The molecule has 9 nitrogen and oxygen atoms in total. The van der Waals surface area contributed by atoms with Crippen LogP contribution in [0.1, 0.15) is 36.7 Å². The Kier molecular flexibility index (Phi) is 7.46. The molecule has 3 amide bonds. The van der Waals surface area contributed by atoms with Crippen molar-refractivity contribution in [3.63, 3.8) is 0 Å². The molecule has 5 rings (SSSR count). The van der Waals surface area contributed by atoms with Gasteiger partial charge in [0.25, 0.3) is 5.91 Å². The van der Waals surface area contributed by atoms with E-state index >= 15 is 0 Å². The van der Waals surface area contributed by atoms with Crippen molar-refractivity contribution in [2.24, 2.45) is 9.98 Å². The molecule has 0 spiro atoms. The quantitative estimate of drug-likeness (QED) is 0.234. The van der Waals surface area contributed by atoms with E-state index in [1.807, 2.05) is 41.8 Å². The number of imide groups is 1. The summed E-state index contributed by atoms with van der Waals surface area (Å²) in [4.78, 5) is 41.4. The Bertz CT molecular complexity index is 1330. The van der Waals surface area contributed by atoms with E-state index in [0.717, 1.165) is 35.2 Å². The largest absolute Gasteiger partial charge is 0.355 e. The normalized spacial score (nSPS) is 21.7. The first kappa shape index (κ1) is 25.5. The lowest BCUT2D eigenvalue weighted by molar-refractivity contribution is -0.128. The molecular weight excluding hydrogens is 480 g/mol. The molecule has 0 radical (unpaired) electrons. The Morgan fingerprint density at radius 2 is 1.82 bits per heavy atom. The van der Waals surface area contributed by atoms with Gasteiger partial charge in [0, 0.05) is 20.0 Å². The average molecular weight is 513 g/mol. The summed E-state index contributed by atoms with van der Waals surface area (Å²) in [6, 6.07) is 17.6. The second-order valence-electron chi connectivity index (χ2n) is 9.73. The number of rotatable bonds is 9. The first-order valence-electron chi connectivity index (χ1n) is 12.9. The summed E-state index contributed by atoms with van der Waals surface area (Å²) in [5.41, 5.74) is 4.07. The van der Waals surface area contributed by atoms with Crippen molar-refractivity contribution in [1.29, 1.82) is 0 Å². The molecule has 2 saturated heterocycles. The van der Waals surface area contributed by atoms with Crippen LogP contribution in [0.3, 0.4) is 0 Å². The van der Waals surface area contributed by atoms with Gasteiger partial charge in [0.2, 0.25) is 0 Å². The van der Waals surface area contributed by atoms with E-state index in [-0.39, 0.29) is 24.3 Å². The number of hydrogen-bond donors (Lipinski definition) is 0. The van der Waals surface area contributed by atoms with Gasteiger partial charge >= 0.3 is 6.03 Å². The van der Waals surface area contributed by atoms with Crippen LogP contribution < -0.4 is 0 Å². The number of likely N-dealkylation sites (N-methyl/N-ethyl adjacent to an activating group) is 1. The van der Waals surface area contributed by atoms with Gasteiger partial charge in [-0.3, -0.25) is 19.3 Å². The number of imidazole rings is 1. The summed E-state index contributed by atoms with van der Waals surface area (Å²) in [5.74, 6) is 0.534. The zero-order chi connectivity index (χ0) is 26.6. The fourth-order valence-corrected chi connectivity index (χ4v) is 5.17. The van der Waals surface area contributed by atoms with Crippen molar-refractivity contribution >= 4 is 30.8 Å². The van der Waals surface area contributed by atoms with Gasteiger partial charge in [-0.05, 0) is 49.6 Å². The molecule has 0 N–H and O–H groups in total. The van der Waals surface area contributed by atoms with E-state index in [1.165, 1.54) is 11.2 Å². The predicted molar refractivity (Wildman–Crippen MR) is 147 cm³/mol. The SMILES string of the molecule is C=N/C=N\c1c(C)ncn1C1CCC(CCN2C(=O)C(Cc3ccc(-c4ccccc4)cc3)N(C)C2=O)O1. The van der Waals surface area contributed by atoms with Gasteiger partial charge in [-0.2, -0.15) is 0 Å². The van der Waals surface area contributed by atoms with Crippen LogP contribution in [0.5, 0.6) is 0 Å². The molecule has 2 aliphatic rings. The van der Waals surface area contributed by atoms with E-state index in [4.69, 9.17) is 4.74 Å². The number of urea groups is 1. The maximum atomic E-state index is 13.2. The minimum atomic E-state index is -0.505. The van der Waals surface area contributed by atoms with Gasteiger partial charge in [-0.1, -0.05) is 54.6 Å². The number of amides is 3. The topological polar surface area (TPSA) is 92.4 Å². The van der Waals surface area contributed by atoms with Crippen LogP contribution in [0.2, 0.25) is 0 Å². The third kappa shape index (κ3) is 5.15. The number of carbonyl (C=O) groups is 2. The molecule has 3 atom stereocenters. The first-order chi connectivity index (χ1) is 18.5. The number of hydrogen-bond acceptors (Lipinski definition) is 5. The lowest BCUT2D eigenvalue weighted by Gasteiger charge is -2.18. The van der Waals surface area contributed by atoms with Crippen molar-refractivity contribution in [2.75, 3.05) is 13.6 Å². The lowest BCUT2D eigenvalue weighted by atomic mass is 10.0. The minimum Gasteiger partial charge on any atom is -0.355 e. The Hall–Kier alpha value is -4.11. The van der Waals surface area contributed by atoms with Crippen molar-refractivity contribution in [3.8, 4) is 11.1 Å². The fourth-order valence-electron chi connectivity index (χ4n) is 5.17. The highest BCUT2D eigenvalue weighted by Crippen LogP contribution is 2.34. The molecule has 2 aromatic carbocycles. The first-order valence-corrected chi connectivity index (χ1v) is 12.9. The third-order valence-corrected chi connectivity index (χ3v) is 7.32. The molecule has 2 fully saturated rings. The summed E-state index contributed by atoms with van der Waals surface area (Å²) >= 11 is 0. The van der Waals surface area contributed by atoms with Crippen LogP contribution in [0.25, 0.3) is 11.1 Å². The van der Waals surface area contributed by atoms with Gasteiger partial charge in [-0.25, -0.2) is 14.8 Å². The maximum Gasteiger partial charge on any atom is 0.327 e. The van der Waals surface area contributed by atoms with Gasteiger partial charge in [0.05, 0.1) is 18.1 Å². The van der Waals surface area contributed by atoms with E-state index < -0.39 is 6.04 Å². The van der Waals surface area contributed by atoms with Gasteiger partial charge < -0.3 is 9.64 Å². The van der Waals surface area contributed by atoms with Crippen LogP contribution in [-0.2, 0) is 16.0 Å². The van der Waals surface area contributed by atoms with Crippen LogP contribution in [-0.4, -0.2) is 70.1 Å². The van der Waals surface area contributed by atoms with Crippen molar-refractivity contribution in [2.45, 2.75) is 51.0 Å². The molecule has 196 valence electrons. The maximum absolute atomic E-state index is 13.2. The molecule has 0 bridgehead atoms. The van der Waals surface area contributed by atoms with Crippen LogP contribution in [0.4, 0.5) is 10.6 Å². The molecular formula is C29H32N6O3. The number of aliphatic imine (C=N–C) groups is 2. The van der Waals surface area contributed by atoms with Crippen LogP contribution in [0.15, 0.2) is 70.9 Å². The molecule has 3 aromatic rings. The fraction of sp³-hybridized carbons (Fsp3) is 0.345. The second-order valence-corrected chi connectivity index (χ2v) is 9.73.